The molecule has 5 heteroatoms. The third-order valence-electron chi connectivity index (χ3n) is 3.12. The quantitative estimate of drug-likeness (QED) is 0.858. The molecule has 2 aromatic heterocycles. The average Bonchev–Trinajstić information content (AvgIpc) is 2.47. The van der Waals surface area contributed by atoms with E-state index in [-0.39, 0.29) is 6.04 Å². The first-order valence-corrected chi connectivity index (χ1v) is 7.11. The zero-order valence-corrected chi connectivity index (χ0v) is 12.3. The summed E-state index contributed by atoms with van der Waals surface area (Å²) in [5, 5.41) is 4.11. The Kier molecular flexibility index (Phi) is 5.32. The van der Waals surface area contributed by atoms with Crippen molar-refractivity contribution in [3.63, 3.8) is 0 Å². The number of rotatable bonds is 6. The van der Waals surface area contributed by atoms with Crippen LogP contribution in [0.1, 0.15) is 30.5 Å². The Bertz CT molecular complexity index is 545. The van der Waals surface area contributed by atoms with Gasteiger partial charge in [0, 0.05) is 30.2 Å². The normalized spacial score (nSPS) is 12.3. The molecular weight excluding hydrogens is 272 g/mol. The molecule has 0 aliphatic rings. The standard InChI is InChI=1S/C15H19ClN4/c1-2-5-19-14(8-11-3-6-18-7-4-11)13-9-12(16)10-20-15(13)17/h3-4,6-7,9-10,14,19H,2,5,8H2,1H3,(H2,17,20). The Morgan fingerprint density at radius 3 is 2.80 bits per heavy atom. The summed E-state index contributed by atoms with van der Waals surface area (Å²) in [7, 11) is 0. The zero-order valence-electron chi connectivity index (χ0n) is 11.5. The Labute approximate surface area is 124 Å². The number of nitrogens with one attached hydrogen (secondary N) is 1. The van der Waals surface area contributed by atoms with Crippen LogP contribution in [-0.4, -0.2) is 16.5 Å². The van der Waals surface area contributed by atoms with Crippen molar-refractivity contribution in [1.82, 2.24) is 15.3 Å². The van der Waals surface area contributed by atoms with Crippen LogP contribution in [0.25, 0.3) is 0 Å². The van der Waals surface area contributed by atoms with E-state index < -0.39 is 0 Å². The van der Waals surface area contributed by atoms with E-state index in [1.165, 1.54) is 5.56 Å². The van der Waals surface area contributed by atoms with E-state index in [0.29, 0.717) is 10.8 Å². The average molecular weight is 291 g/mol. The highest BCUT2D eigenvalue weighted by Crippen LogP contribution is 2.25. The number of hydrogen-bond acceptors (Lipinski definition) is 4. The van der Waals surface area contributed by atoms with Gasteiger partial charge in [0.2, 0.25) is 0 Å². The molecule has 0 aromatic carbocycles. The first-order chi connectivity index (χ1) is 9.70. The molecule has 0 aliphatic heterocycles. The Hall–Kier alpha value is -1.65. The number of nitrogens with two attached hydrogens (primary N) is 1. The molecule has 1 atom stereocenters. The molecule has 0 saturated carbocycles. The highest BCUT2D eigenvalue weighted by Gasteiger charge is 2.15. The van der Waals surface area contributed by atoms with Crippen molar-refractivity contribution in [2.45, 2.75) is 25.8 Å². The highest BCUT2D eigenvalue weighted by molar-refractivity contribution is 6.30. The summed E-state index contributed by atoms with van der Waals surface area (Å²) in [6.07, 6.45) is 7.05. The van der Waals surface area contributed by atoms with Crippen molar-refractivity contribution >= 4 is 17.4 Å². The number of aromatic nitrogens is 2. The molecule has 0 aliphatic carbocycles. The maximum atomic E-state index is 6.04. The van der Waals surface area contributed by atoms with Gasteiger partial charge in [-0.15, -0.1) is 0 Å². The van der Waals surface area contributed by atoms with Gasteiger partial charge in [0.05, 0.1) is 5.02 Å². The van der Waals surface area contributed by atoms with Crippen molar-refractivity contribution in [3.05, 3.63) is 52.9 Å². The summed E-state index contributed by atoms with van der Waals surface area (Å²) >= 11 is 6.04. The number of halogens is 1. The summed E-state index contributed by atoms with van der Waals surface area (Å²) in [5.41, 5.74) is 8.14. The minimum absolute atomic E-state index is 0.101. The van der Waals surface area contributed by atoms with Crippen LogP contribution in [0.4, 0.5) is 5.82 Å². The predicted molar refractivity (Wildman–Crippen MR) is 82.6 cm³/mol. The molecule has 4 nitrogen and oxygen atoms in total. The van der Waals surface area contributed by atoms with Gasteiger partial charge in [-0.25, -0.2) is 4.98 Å². The van der Waals surface area contributed by atoms with Gasteiger partial charge in [-0.2, -0.15) is 0 Å². The second-order valence-electron chi connectivity index (χ2n) is 4.69. The lowest BCUT2D eigenvalue weighted by atomic mass is 10.00. The van der Waals surface area contributed by atoms with Gasteiger partial charge in [-0.1, -0.05) is 18.5 Å². The van der Waals surface area contributed by atoms with E-state index in [1.54, 1.807) is 18.6 Å². The van der Waals surface area contributed by atoms with Crippen molar-refractivity contribution in [3.8, 4) is 0 Å². The van der Waals surface area contributed by atoms with Crippen LogP contribution >= 0.6 is 11.6 Å². The molecule has 0 spiro atoms. The van der Waals surface area contributed by atoms with Gasteiger partial charge in [-0.3, -0.25) is 4.98 Å². The number of pyridine rings is 2. The second-order valence-corrected chi connectivity index (χ2v) is 5.13. The van der Waals surface area contributed by atoms with Crippen molar-refractivity contribution in [2.75, 3.05) is 12.3 Å². The third kappa shape index (κ3) is 3.92. The topological polar surface area (TPSA) is 63.8 Å². The molecule has 1 unspecified atom stereocenters. The van der Waals surface area contributed by atoms with E-state index in [4.69, 9.17) is 17.3 Å². The maximum Gasteiger partial charge on any atom is 0.128 e. The molecule has 0 saturated heterocycles. The lowest BCUT2D eigenvalue weighted by Gasteiger charge is -2.20. The number of nitrogens with zero attached hydrogens (tertiary/aromatic N) is 2. The SMILES string of the molecule is CCCNC(Cc1ccncc1)c1cc(Cl)cnc1N. The van der Waals surface area contributed by atoms with Crippen LogP contribution in [0.3, 0.4) is 0 Å². The largest absolute Gasteiger partial charge is 0.383 e. The first-order valence-electron chi connectivity index (χ1n) is 6.74. The lowest BCUT2D eigenvalue weighted by molar-refractivity contribution is 0.529. The smallest absolute Gasteiger partial charge is 0.128 e. The van der Waals surface area contributed by atoms with E-state index in [9.17, 15) is 0 Å². The van der Waals surface area contributed by atoms with Crippen molar-refractivity contribution in [1.29, 1.82) is 0 Å². The van der Waals surface area contributed by atoms with Gasteiger partial charge in [-0.05, 0) is 43.1 Å². The molecule has 0 fully saturated rings. The van der Waals surface area contributed by atoms with Crippen LogP contribution in [-0.2, 0) is 6.42 Å². The predicted octanol–water partition coefficient (Wildman–Crippen LogP) is 3.00. The minimum Gasteiger partial charge on any atom is -0.383 e. The Balaban J connectivity index is 2.24. The van der Waals surface area contributed by atoms with E-state index in [1.807, 2.05) is 18.2 Å². The fourth-order valence-corrected chi connectivity index (χ4v) is 2.28. The number of hydrogen-bond donors (Lipinski definition) is 2. The number of nitrogen functional groups attached to an aromatic ring is 1. The molecular formula is C15H19ClN4. The van der Waals surface area contributed by atoms with Crippen LogP contribution in [0.2, 0.25) is 5.02 Å². The summed E-state index contributed by atoms with van der Waals surface area (Å²) in [5.74, 6) is 0.525. The van der Waals surface area contributed by atoms with Gasteiger partial charge >= 0.3 is 0 Å². The minimum atomic E-state index is 0.101. The van der Waals surface area contributed by atoms with Gasteiger partial charge in [0.25, 0.3) is 0 Å². The molecule has 106 valence electrons. The first kappa shape index (κ1) is 14.8. The van der Waals surface area contributed by atoms with E-state index in [2.05, 4.69) is 22.2 Å². The molecule has 2 rings (SSSR count). The Morgan fingerprint density at radius 2 is 2.10 bits per heavy atom. The van der Waals surface area contributed by atoms with Crippen LogP contribution < -0.4 is 11.1 Å². The summed E-state index contributed by atoms with van der Waals surface area (Å²) in [6, 6.07) is 6.01. The molecule has 0 bridgehead atoms. The monoisotopic (exact) mass is 290 g/mol. The molecule has 2 heterocycles. The molecule has 0 amide bonds. The Morgan fingerprint density at radius 1 is 1.35 bits per heavy atom. The maximum absolute atomic E-state index is 6.04. The third-order valence-corrected chi connectivity index (χ3v) is 3.33. The van der Waals surface area contributed by atoms with Crippen molar-refractivity contribution in [2.24, 2.45) is 0 Å². The second kappa shape index (κ2) is 7.22. The van der Waals surface area contributed by atoms with E-state index >= 15 is 0 Å². The van der Waals surface area contributed by atoms with E-state index in [0.717, 1.165) is 24.9 Å². The van der Waals surface area contributed by atoms with Crippen LogP contribution in [0.15, 0.2) is 36.8 Å². The number of anilines is 1. The van der Waals surface area contributed by atoms with Crippen LogP contribution in [0.5, 0.6) is 0 Å². The fraction of sp³-hybridized carbons (Fsp3) is 0.333. The zero-order chi connectivity index (χ0) is 14.4. The fourth-order valence-electron chi connectivity index (χ4n) is 2.11. The molecule has 0 radical (unpaired) electrons. The highest BCUT2D eigenvalue weighted by atomic mass is 35.5. The summed E-state index contributed by atoms with van der Waals surface area (Å²) in [6.45, 7) is 3.05. The van der Waals surface area contributed by atoms with Gasteiger partial charge in [0.1, 0.15) is 5.82 Å². The van der Waals surface area contributed by atoms with Gasteiger partial charge in [0.15, 0.2) is 0 Å². The lowest BCUT2D eigenvalue weighted by Crippen LogP contribution is -2.25. The van der Waals surface area contributed by atoms with Crippen molar-refractivity contribution < 1.29 is 0 Å². The van der Waals surface area contributed by atoms with Gasteiger partial charge < -0.3 is 11.1 Å². The molecule has 2 aromatic rings. The van der Waals surface area contributed by atoms with Crippen LogP contribution in [0, 0.1) is 0 Å². The summed E-state index contributed by atoms with van der Waals surface area (Å²) < 4.78 is 0. The summed E-state index contributed by atoms with van der Waals surface area (Å²) in [4.78, 5) is 8.18. The molecule has 20 heavy (non-hydrogen) atoms. The molecule has 3 N–H and O–H groups in total.